The Labute approximate surface area is 115 Å². The number of nitrogens with zero attached hydrogens (tertiary/aromatic N) is 1. The van der Waals surface area contributed by atoms with Gasteiger partial charge in [-0.1, -0.05) is 0 Å². The van der Waals surface area contributed by atoms with Crippen LogP contribution in [0.4, 0.5) is 4.79 Å². The Hall–Kier alpha value is -0.810. The second-order valence-corrected chi connectivity index (χ2v) is 6.55. The fourth-order valence-electron chi connectivity index (χ4n) is 2.52. The number of likely N-dealkylation sites (tertiary alicyclic amines) is 1. The van der Waals surface area contributed by atoms with Gasteiger partial charge in [0.15, 0.2) is 0 Å². The van der Waals surface area contributed by atoms with Gasteiger partial charge in [-0.05, 0) is 39.5 Å². The van der Waals surface area contributed by atoms with E-state index < -0.39 is 5.60 Å². The molecule has 0 aromatic heterocycles. The molecule has 2 aliphatic rings. The quantitative estimate of drug-likeness (QED) is 0.846. The van der Waals surface area contributed by atoms with Gasteiger partial charge in [-0.2, -0.15) is 0 Å². The third kappa shape index (κ3) is 4.66. The van der Waals surface area contributed by atoms with Crippen LogP contribution < -0.4 is 5.32 Å². The van der Waals surface area contributed by atoms with E-state index in [1.54, 1.807) is 0 Å². The summed E-state index contributed by atoms with van der Waals surface area (Å²) in [6.07, 6.45) is 1.97. The number of nitrogens with one attached hydrogen (secondary N) is 1. The van der Waals surface area contributed by atoms with Crippen LogP contribution in [-0.4, -0.2) is 55.5 Å². The average Bonchev–Trinajstić information content (AvgIpc) is 2.96. The van der Waals surface area contributed by atoms with Crippen molar-refractivity contribution in [2.24, 2.45) is 5.92 Å². The maximum atomic E-state index is 11.9. The fourth-order valence-corrected chi connectivity index (χ4v) is 2.52. The summed E-state index contributed by atoms with van der Waals surface area (Å²) >= 11 is 0. The zero-order valence-electron chi connectivity index (χ0n) is 12.3. The smallest absolute Gasteiger partial charge is 0.410 e. The monoisotopic (exact) mass is 270 g/mol. The number of hydrogen-bond donors (Lipinski definition) is 1. The van der Waals surface area contributed by atoms with Gasteiger partial charge in [0, 0.05) is 32.3 Å². The maximum absolute atomic E-state index is 11.9. The first-order chi connectivity index (χ1) is 8.94. The number of hydrogen-bond acceptors (Lipinski definition) is 4. The molecule has 2 heterocycles. The van der Waals surface area contributed by atoms with Gasteiger partial charge in [0.1, 0.15) is 5.60 Å². The van der Waals surface area contributed by atoms with Crippen molar-refractivity contribution < 1.29 is 14.3 Å². The van der Waals surface area contributed by atoms with Crippen LogP contribution in [0.5, 0.6) is 0 Å². The van der Waals surface area contributed by atoms with E-state index in [1.165, 1.54) is 0 Å². The van der Waals surface area contributed by atoms with Gasteiger partial charge in [0.25, 0.3) is 0 Å². The zero-order valence-corrected chi connectivity index (χ0v) is 12.3. The van der Waals surface area contributed by atoms with Crippen molar-refractivity contribution in [3.63, 3.8) is 0 Å². The molecule has 0 aromatic rings. The Kier molecular flexibility index (Phi) is 4.68. The van der Waals surface area contributed by atoms with Crippen molar-refractivity contribution in [1.29, 1.82) is 0 Å². The van der Waals surface area contributed by atoms with Crippen LogP contribution in [0.15, 0.2) is 0 Å². The predicted molar refractivity (Wildman–Crippen MR) is 73.1 cm³/mol. The summed E-state index contributed by atoms with van der Waals surface area (Å²) in [6, 6.07) is 0.496. The number of rotatable bonds is 3. The first-order valence-corrected chi connectivity index (χ1v) is 7.23. The van der Waals surface area contributed by atoms with E-state index in [0.29, 0.717) is 12.0 Å². The first kappa shape index (κ1) is 14.6. The molecule has 0 spiro atoms. The Balaban J connectivity index is 1.68. The van der Waals surface area contributed by atoms with E-state index >= 15 is 0 Å². The Morgan fingerprint density at radius 2 is 2.21 bits per heavy atom. The highest BCUT2D eigenvalue weighted by Crippen LogP contribution is 2.19. The van der Waals surface area contributed by atoms with Gasteiger partial charge >= 0.3 is 6.09 Å². The Morgan fingerprint density at radius 1 is 1.42 bits per heavy atom. The van der Waals surface area contributed by atoms with Gasteiger partial charge in [0.2, 0.25) is 0 Å². The lowest BCUT2D eigenvalue weighted by Gasteiger charge is -2.24. The molecular formula is C14H26N2O3. The van der Waals surface area contributed by atoms with Crippen molar-refractivity contribution in [2.75, 3.05) is 32.8 Å². The lowest BCUT2D eigenvalue weighted by molar-refractivity contribution is 0.0288. The number of carbonyl (C=O) groups excluding carboxylic acids is 1. The average molecular weight is 270 g/mol. The number of ether oxygens (including phenoxy) is 2. The molecule has 19 heavy (non-hydrogen) atoms. The Bertz CT molecular complexity index is 308. The lowest BCUT2D eigenvalue weighted by atomic mass is 10.1. The first-order valence-electron chi connectivity index (χ1n) is 7.23. The van der Waals surface area contributed by atoms with Crippen molar-refractivity contribution >= 4 is 6.09 Å². The number of amides is 1. The van der Waals surface area contributed by atoms with E-state index in [1.807, 2.05) is 25.7 Å². The highest BCUT2D eigenvalue weighted by Gasteiger charge is 2.30. The summed E-state index contributed by atoms with van der Waals surface area (Å²) in [5.41, 5.74) is -0.408. The van der Waals surface area contributed by atoms with Crippen LogP contribution in [0, 0.1) is 5.92 Å². The van der Waals surface area contributed by atoms with Gasteiger partial charge in [0.05, 0.1) is 6.61 Å². The molecule has 1 amide bonds. The van der Waals surface area contributed by atoms with Crippen molar-refractivity contribution in [3.05, 3.63) is 0 Å². The SMILES string of the molecule is CC(C)(C)OC(=O)N1CC[C@H](CN[C@H]2CCOC2)C1. The highest BCUT2D eigenvalue weighted by atomic mass is 16.6. The minimum Gasteiger partial charge on any atom is -0.444 e. The van der Waals surface area contributed by atoms with Crippen LogP contribution in [0.2, 0.25) is 0 Å². The van der Waals surface area contributed by atoms with Gasteiger partial charge in [-0.15, -0.1) is 0 Å². The van der Waals surface area contributed by atoms with E-state index in [2.05, 4.69) is 5.32 Å². The van der Waals surface area contributed by atoms with Crippen molar-refractivity contribution in [3.8, 4) is 0 Å². The van der Waals surface area contributed by atoms with Crippen molar-refractivity contribution in [2.45, 2.75) is 45.3 Å². The van der Waals surface area contributed by atoms with Gasteiger partial charge < -0.3 is 19.7 Å². The zero-order chi connectivity index (χ0) is 13.9. The standard InChI is InChI=1S/C14H26N2O3/c1-14(2,3)19-13(17)16-6-4-11(9-16)8-15-12-5-7-18-10-12/h11-12,15H,4-10H2,1-3H3/t11-,12+/m1/s1. The topological polar surface area (TPSA) is 50.8 Å². The molecule has 2 atom stereocenters. The van der Waals surface area contributed by atoms with Crippen molar-refractivity contribution in [1.82, 2.24) is 10.2 Å². The summed E-state index contributed by atoms with van der Waals surface area (Å²) in [5.74, 6) is 0.535. The van der Waals surface area contributed by atoms with E-state index in [0.717, 1.165) is 45.7 Å². The molecule has 0 aromatic carbocycles. The molecule has 2 saturated heterocycles. The molecule has 0 saturated carbocycles. The highest BCUT2D eigenvalue weighted by molar-refractivity contribution is 5.68. The van der Waals surface area contributed by atoms with Gasteiger partial charge in [-0.25, -0.2) is 4.79 Å². The predicted octanol–water partition coefficient (Wildman–Crippen LogP) is 1.62. The largest absolute Gasteiger partial charge is 0.444 e. The minimum atomic E-state index is -0.408. The molecule has 0 radical (unpaired) electrons. The normalized spacial score (nSPS) is 27.8. The second-order valence-electron chi connectivity index (χ2n) is 6.55. The summed E-state index contributed by atoms with van der Waals surface area (Å²) in [6.45, 7) is 9.97. The van der Waals surface area contributed by atoms with E-state index in [4.69, 9.17) is 9.47 Å². The molecule has 0 aliphatic carbocycles. The van der Waals surface area contributed by atoms with Crippen LogP contribution in [0.25, 0.3) is 0 Å². The molecule has 2 aliphatic heterocycles. The molecule has 5 heteroatoms. The summed E-state index contributed by atoms with van der Waals surface area (Å²) in [7, 11) is 0. The molecular weight excluding hydrogens is 244 g/mol. The summed E-state index contributed by atoms with van der Waals surface area (Å²) in [5, 5.41) is 3.53. The minimum absolute atomic E-state index is 0.181. The lowest BCUT2D eigenvalue weighted by Crippen LogP contribution is -2.37. The summed E-state index contributed by atoms with van der Waals surface area (Å²) < 4.78 is 10.7. The third-order valence-electron chi connectivity index (χ3n) is 3.56. The molecule has 110 valence electrons. The second kappa shape index (κ2) is 6.09. The number of carbonyl (C=O) groups is 1. The van der Waals surface area contributed by atoms with Crippen LogP contribution >= 0.6 is 0 Å². The Morgan fingerprint density at radius 3 is 2.84 bits per heavy atom. The fraction of sp³-hybridized carbons (Fsp3) is 0.929. The molecule has 0 unspecified atom stereocenters. The van der Waals surface area contributed by atoms with Crippen LogP contribution in [-0.2, 0) is 9.47 Å². The van der Waals surface area contributed by atoms with Gasteiger partial charge in [-0.3, -0.25) is 0 Å². The molecule has 5 nitrogen and oxygen atoms in total. The third-order valence-corrected chi connectivity index (χ3v) is 3.56. The molecule has 2 rings (SSSR count). The molecule has 2 fully saturated rings. The van der Waals surface area contributed by atoms with Crippen LogP contribution in [0.3, 0.4) is 0 Å². The van der Waals surface area contributed by atoms with Crippen LogP contribution in [0.1, 0.15) is 33.6 Å². The maximum Gasteiger partial charge on any atom is 0.410 e. The molecule has 0 bridgehead atoms. The van der Waals surface area contributed by atoms with E-state index in [-0.39, 0.29) is 6.09 Å². The molecule has 1 N–H and O–H groups in total. The summed E-state index contributed by atoms with van der Waals surface area (Å²) in [4.78, 5) is 13.8. The van der Waals surface area contributed by atoms with E-state index in [9.17, 15) is 4.79 Å².